The van der Waals surface area contributed by atoms with Crippen molar-refractivity contribution in [3.8, 4) is 29.9 Å². The fourth-order valence-electron chi connectivity index (χ4n) is 2.23. The largest absolute Gasteiger partial charge is 0.490 e. The molecule has 0 saturated heterocycles. The molecule has 2 aromatic carbocycles. The summed E-state index contributed by atoms with van der Waals surface area (Å²) in [6.07, 6.45) is 6.64. The average molecular weight is 415 g/mol. The predicted molar refractivity (Wildman–Crippen MR) is 111 cm³/mol. The third-order valence-corrected chi connectivity index (χ3v) is 4.27. The predicted octanol–water partition coefficient (Wildman–Crippen LogP) is 4.95. The van der Waals surface area contributed by atoms with Gasteiger partial charge in [0.05, 0.1) is 22.3 Å². The second-order valence-corrected chi connectivity index (χ2v) is 6.14. The second-order valence-electron chi connectivity index (χ2n) is 5.36. The highest BCUT2D eigenvalue weighted by atomic mass is 35.5. The molecule has 0 atom stereocenters. The Labute approximate surface area is 173 Å². The Morgan fingerprint density at radius 3 is 2.71 bits per heavy atom. The zero-order chi connectivity index (χ0) is 20.5. The molecular weight excluding hydrogens is 399 g/mol. The molecule has 0 spiro atoms. The monoisotopic (exact) mass is 414 g/mol. The first kappa shape index (κ1) is 21.2. The zero-order valence-electron chi connectivity index (χ0n) is 15.0. The second kappa shape index (κ2) is 10.3. The molecule has 0 aliphatic heterocycles. The van der Waals surface area contributed by atoms with Gasteiger partial charge >= 0.3 is 0 Å². The number of nitrogens with one attached hydrogen (secondary N) is 1. The molecule has 5 nitrogen and oxygen atoms in total. The van der Waals surface area contributed by atoms with Crippen molar-refractivity contribution in [3.63, 3.8) is 0 Å². The van der Waals surface area contributed by atoms with Crippen LogP contribution in [0.3, 0.4) is 0 Å². The van der Waals surface area contributed by atoms with E-state index in [0.717, 1.165) is 0 Å². The summed E-state index contributed by atoms with van der Waals surface area (Å²) in [4.78, 5) is 12.4. The van der Waals surface area contributed by atoms with Gasteiger partial charge in [0.15, 0.2) is 11.5 Å². The van der Waals surface area contributed by atoms with Crippen LogP contribution >= 0.6 is 23.2 Å². The quantitative estimate of drug-likeness (QED) is 0.395. The Morgan fingerprint density at radius 2 is 2.04 bits per heavy atom. The number of hydrogen-bond acceptors (Lipinski definition) is 4. The van der Waals surface area contributed by atoms with Crippen molar-refractivity contribution in [2.24, 2.45) is 0 Å². The molecule has 0 heterocycles. The Balaban J connectivity index is 2.29. The van der Waals surface area contributed by atoms with Gasteiger partial charge in [-0.05, 0) is 42.8 Å². The number of nitriles is 1. The van der Waals surface area contributed by atoms with Crippen molar-refractivity contribution in [3.05, 3.63) is 57.6 Å². The lowest BCUT2D eigenvalue weighted by Gasteiger charge is -2.11. The SMILES string of the molecule is C#CCOc1ccc(/C=C(/C#N)C(=O)Nc2cccc(Cl)c2Cl)cc1OCC. The molecule has 142 valence electrons. The fraction of sp³-hybridized carbons (Fsp3) is 0.143. The molecule has 0 saturated carbocycles. The van der Waals surface area contributed by atoms with Crippen molar-refractivity contribution in [2.45, 2.75) is 6.92 Å². The van der Waals surface area contributed by atoms with E-state index in [2.05, 4.69) is 11.2 Å². The van der Waals surface area contributed by atoms with Crippen molar-refractivity contribution in [1.82, 2.24) is 0 Å². The minimum Gasteiger partial charge on any atom is -0.490 e. The standard InChI is InChI=1S/C21H16Cl2N2O3/c1-3-10-28-18-9-8-14(12-19(18)27-4-2)11-15(13-24)21(26)25-17-7-5-6-16(22)20(17)23/h1,5-9,11-12H,4,10H2,2H3,(H,25,26)/b15-11-. The summed E-state index contributed by atoms with van der Waals surface area (Å²) in [7, 11) is 0. The fourth-order valence-corrected chi connectivity index (χ4v) is 2.57. The van der Waals surface area contributed by atoms with Gasteiger partial charge in [-0.1, -0.05) is 41.3 Å². The summed E-state index contributed by atoms with van der Waals surface area (Å²) < 4.78 is 11.0. The van der Waals surface area contributed by atoms with Crippen LogP contribution in [-0.2, 0) is 4.79 Å². The molecule has 0 aliphatic rings. The molecule has 0 aromatic heterocycles. The number of anilines is 1. The highest BCUT2D eigenvalue weighted by Gasteiger charge is 2.13. The van der Waals surface area contributed by atoms with Crippen molar-refractivity contribution >= 4 is 40.9 Å². The number of carbonyl (C=O) groups excluding carboxylic acids is 1. The van der Waals surface area contributed by atoms with Gasteiger partial charge in [0.1, 0.15) is 18.2 Å². The summed E-state index contributed by atoms with van der Waals surface area (Å²) in [6, 6.07) is 11.7. The van der Waals surface area contributed by atoms with Crippen LogP contribution in [0, 0.1) is 23.7 Å². The van der Waals surface area contributed by atoms with Gasteiger partial charge in [0.2, 0.25) is 0 Å². The summed E-state index contributed by atoms with van der Waals surface area (Å²) in [5.41, 5.74) is 0.782. The van der Waals surface area contributed by atoms with Gasteiger partial charge in [0.25, 0.3) is 5.91 Å². The molecule has 1 N–H and O–H groups in total. The summed E-state index contributed by atoms with van der Waals surface area (Å²) in [5.74, 6) is 2.71. The van der Waals surface area contributed by atoms with Crippen LogP contribution in [0.25, 0.3) is 6.08 Å². The Morgan fingerprint density at radius 1 is 1.25 bits per heavy atom. The van der Waals surface area contributed by atoms with Crippen LogP contribution in [0.5, 0.6) is 11.5 Å². The smallest absolute Gasteiger partial charge is 0.266 e. The molecule has 7 heteroatoms. The number of carbonyl (C=O) groups is 1. The minimum atomic E-state index is -0.614. The number of nitrogens with zero attached hydrogens (tertiary/aromatic N) is 1. The van der Waals surface area contributed by atoms with E-state index in [0.29, 0.717) is 34.4 Å². The summed E-state index contributed by atoms with van der Waals surface area (Å²) >= 11 is 12.0. The summed E-state index contributed by atoms with van der Waals surface area (Å²) in [5, 5.41) is 12.5. The number of amides is 1. The van der Waals surface area contributed by atoms with Gasteiger partial charge < -0.3 is 14.8 Å². The van der Waals surface area contributed by atoms with E-state index in [4.69, 9.17) is 39.1 Å². The lowest BCUT2D eigenvalue weighted by Crippen LogP contribution is -2.13. The number of rotatable bonds is 7. The highest BCUT2D eigenvalue weighted by Crippen LogP contribution is 2.31. The molecule has 2 rings (SSSR count). The van der Waals surface area contributed by atoms with Crippen molar-refractivity contribution in [1.29, 1.82) is 5.26 Å². The first-order chi connectivity index (χ1) is 13.5. The maximum absolute atomic E-state index is 12.4. The van der Waals surface area contributed by atoms with Gasteiger partial charge in [-0.15, -0.1) is 6.42 Å². The number of hydrogen-bond donors (Lipinski definition) is 1. The lowest BCUT2D eigenvalue weighted by molar-refractivity contribution is -0.112. The van der Waals surface area contributed by atoms with Gasteiger partial charge in [-0.2, -0.15) is 5.26 Å². The van der Waals surface area contributed by atoms with E-state index in [9.17, 15) is 10.1 Å². The van der Waals surface area contributed by atoms with Crippen LogP contribution in [0.1, 0.15) is 12.5 Å². The third kappa shape index (κ3) is 5.44. The van der Waals surface area contributed by atoms with E-state index in [1.54, 1.807) is 36.4 Å². The molecule has 0 fully saturated rings. The van der Waals surface area contributed by atoms with Crippen LogP contribution in [0.2, 0.25) is 10.0 Å². The molecule has 2 aromatic rings. The van der Waals surface area contributed by atoms with E-state index >= 15 is 0 Å². The zero-order valence-corrected chi connectivity index (χ0v) is 16.5. The topological polar surface area (TPSA) is 71.3 Å². The van der Waals surface area contributed by atoms with Crippen LogP contribution in [-0.4, -0.2) is 19.1 Å². The molecule has 0 bridgehead atoms. The van der Waals surface area contributed by atoms with Crippen LogP contribution < -0.4 is 14.8 Å². The normalized spacial score (nSPS) is 10.5. The molecule has 1 amide bonds. The van der Waals surface area contributed by atoms with E-state index in [1.165, 1.54) is 6.08 Å². The molecule has 0 unspecified atom stereocenters. The average Bonchev–Trinajstić information content (AvgIpc) is 2.69. The van der Waals surface area contributed by atoms with E-state index in [-0.39, 0.29) is 17.2 Å². The van der Waals surface area contributed by atoms with Crippen LogP contribution in [0.15, 0.2) is 42.0 Å². The number of benzene rings is 2. The molecular formula is C21H16Cl2N2O3. The van der Waals surface area contributed by atoms with Gasteiger partial charge in [-0.3, -0.25) is 4.79 Å². The number of ether oxygens (including phenoxy) is 2. The molecule has 0 radical (unpaired) electrons. The first-order valence-electron chi connectivity index (χ1n) is 8.20. The Hall–Kier alpha value is -3.12. The molecule has 28 heavy (non-hydrogen) atoms. The first-order valence-corrected chi connectivity index (χ1v) is 8.96. The van der Waals surface area contributed by atoms with Crippen LogP contribution in [0.4, 0.5) is 5.69 Å². The van der Waals surface area contributed by atoms with Gasteiger partial charge in [0, 0.05) is 0 Å². The van der Waals surface area contributed by atoms with E-state index < -0.39 is 5.91 Å². The minimum absolute atomic E-state index is 0.0987. The molecule has 0 aliphatic carbocycles. The highest BCUT2D eigenvalue weighted by molar-refractivity contribution is 6.44. The Kier molecular flexibility index (Phi) is 7.77. The third-order valence-electron chi connectivity index (χ3n) is 3.45. The van der Waals surface area contributed by atoms with Crippen molar-refractivity contribution < 1.29 is 14.3 Å². The van der Waals surface area contributed by atoms with Gasteiger partial charge in [-0.25, -0.2) is 0 Å². The Bertz CT molecular complexity index is 988. The van der Waals surface area contributed by atoms with Crippen molar-refractivity contribution in [2.75, 3.05) is 18.5 Å². The number of terminal acetylenes is 1. The number of halogens is 2. The summed E-state index contributed by atoms with van der Waals surface area (Å²) in [6.45, 7) is 2.34. The maximum Gasteiger partial charge on any atom is 0.266 e. The maximum atomic E-state index is 12.4. The lowest BCUT2D eigenvalue weighted by atomic mass is 10.1. The van der Waals surface area contributed by atoms with E-state index in [1.807, 2.05) is 13.0 Å².